The molecule has 1 fully saturated rings. The standard InChI is InChI=1S/C30H34N6O5S/c31-30(32)35-13-5-6-20(17-35)16-33-29(39)26(15-23-18-36(19-28(37)38)27-10-4-3-9-25(23)27)34-42(40,41)24-12-11-21-7-1-2-8-22(21)14-24/h1-4,7-12,14,18,20,26,34H,5-6,13,15-17,19H2,(H3,31,32)(H,33,39)(H,37,38)/t20?,26-/m1/s1. The maximum absolute atomic E-state index is 13.6. The number of nitrogens with zero attached hydrogens (tertiary/aromatic N) is 2. The zero-order valence-electron chi connectivity index (χ0n) is 23.0. The number of carbonyl (C=O) groups is 2. The van der Waals surface area contributed by atoms with Crippen LogP contribution in [-0.4, -0.2) is 66.5 Å². The fraction of sp³-hybridized carbons (Fsp3) is 0.300. The van der Waals surface area contributed by atoms with Crippen molar-refractivity contribution in [2.45, 2.75) is 36.7 Å². The molecule has 0 spiro atoms. The number of amides is 1. The van der Waals surface area contributed by atoms with Crippen LogP contribution >= 0.6 is 0 Å². The molecule has 1 aliphatic rings. The van der Waals surface area contributed by atoms with E-state index in [1.807, 2.05) is 36.4 Å². The summed E-state index contributed by atoms with van der Waals surface area (Å²) < 4.78 is 31.4. The number of para-hydroxylation sites is 1. The van der Waals surface area contributed by atoms with Gasteiger partial charge in [-0.2, -0.15) is 4.72 Å². The molecule has 6 N–H and O–H groups in total. The Bertz CT molecular complexity index is 1750. The molecule has 1 unspecified atom stereocenters. The minimum absolute atomic E-state index is 0.00945. The highest BCUT2D eigenvalue weighted by Crippen LogP contribution is 2.24. The van der Waals surface area contributed by atoms with Crippen LogP contribution < -0.4 is 15.8 Å². The summed E-state index contributed by atoms with van der Waals surface area (Å²) in [5.41, 5.74) is 6.99. The van der Waals surface area contributed by atoms with Crippen LogP contribution in [0.4, 0.5) is 0 Å². The average Bonchev–Trinajstić information content (AvgIpc) is 3.31. The Morgan fingerprint density at radius 1 is 1.07 bits per heavy atom. The first-order chi connectivity index (χ1) is 20.1. The Labute approximate surface area is 243 Å². The molecule has 1 amide bonds. The van der Waals surface area contributed by atoms with Crippen molar-refractivity contribution in [3.8, 4) is 0 Å². The van der Waals surface area contributed by atoms with Gasteiger partial charge in [0.05, 0.1) is 4.90 Å². The van der Waals surface area contributed by atoms with Gasteiger partial charge in [0.1, 0.15) is 12.6 Å². The van der Waals surface area contributed by atoms with Crippen molar-refractivity contribution in [2.75, 3.05) is 19.6 Å². The summed E-state index contributed by atoms with van der Waals surface area (Å²) in [6.07, 6.45) is 3.35. The van der Waals surface area contributed by atoms with Crippen LogP contribution in [-0.2, 0) is 32.6 Å². The minimum atomic E-state index is -4.11. The second kappa shape index (κ2) is 12.2. The number of nitrogens with two attached hydrogens (primary N) is 1. The van der Waals surface area contributed by atoms with Gasteiger partial charge in [-0.05, 0) is 59.7 Å². The third-order valence-electron chi connectivity index (χ3n) is 7.67. The molecule has 42 heavy (non-hydrogen) atoms. The lowest BCUT2D eigenvalue weighted by Gasteiger charge is -2.33. The second-order valence-electron chi connectivity index (χ2n) is 10.7. The number of nitrogens with one attached hydrogen (secondary N) is 3. The zero-order valence-corrected chi connectivity index (χ0v) is 23.8. The van der Waals surface area contributed by atoms with Crippen LogP contribution in [0.3, 0.4) is 0 Å². The molecule has 0 bridgehead atoms. The van der Waals surface area contributed by atoms with E-state index in [1.165, 1.54) is 6.07 Å². The predicted molar refractivity (Wildman–Crippen MR) is 161 cm³/mol. The van der Waals surface area contributed by atoms with Crippen molar-refractivity contribution in [2.24, 2.45) is 11.7 Å². The molecule has 11 nitrogen and oxygen atoms in total. The van der Waals surface area contributed by atoms with Gasteiger partial charge in [0.15, 0.2) is 5.96 Å². The first kappa shape index (κ1) is 29.1. The van der Waals surface area contributed by atoms with Crippen molar-refractivity contribution >= 4 is 49.5 Å². The number of likely N-dealkylation sites (tertiary alicyclic amines) is 1. The highest BCUT2D eigenvalue weighted by atomic mass is 32.2. The number of carboxylic acid groups (broad SMARTS) is 1. The number of fused-ring (bicyclic) bond motifs is 2. The lowest BCUT2D eigenvalue weighted by atomic mass is 9.98. The van der Waals surface area contributed by atoms with Crippen LogP contribution in [0.15, 0.2) is 77.8 Å². The summed E-state index contributed by atoms with van der Waals surface area (Å²) >= 11 is 0. The lowest BCUT2D eigenvalue weighted by molar-refractivity contribution is -0.137. The number of aliphatic carboxylic acids is 1. The number of sulfonamides is 1. The molecule has 4 aromatic rings. The molecule has 2 atom stereocenters. The van der Waals surface area contributed by atoms with Crippen molar-refractivity contribution < 1.29 is 23.1 Å². The summed E-state index contributed by atoms with van der Waals surface area (Å²) in [4.78, 5) is 26.9. The molecule has 2 heterocycles. The van der Waals surface area contributed by atoms with Gasteiger partial charge in [-0.25, -0.2) is 8.42 Å². The van der Waals surface area contributed by atoms with E-state index in [2.05, 4.69) is 10.0 Å². The van der Waals surface area contributed by atoms with Crippen LogP contribution in [0.2, 0.25) is 0 Å². The Morgan fingerprint density at radius 3 is 2.57 bits per heavy atom. The Balaban J connectivity index is 1.43. The van der Waals surface area contributed by atoms with Crippen molar-refractivity contribution in [3.63, 3.8) is 0 Å². The average molecular weight is 591 g/mol. The van der Waals surface area contributed by atoms with Gasteiger partial charge in [0.25, 0.3) is 0 Å². The van der Waals surface area contributed by atoms with Gasteiger partial charge < -0.3 is 25.6 Å². The van der Waals surface area contributed by atoms with E-state index < -0.39 is 27.9 Å². The van der Waals surface area contributed by atoms with Crippen LogP contribution in [0.25, 0.3) is 21.7 Å². The molecule has 1 saturated heterocycles. The minimum Gasteiger partial charge on any atom is -0.480 e. The highest BCUT2D eigenvalue weighted by molar-refractivity contribution is 7.89. The number of piperidine rings is 1. The van der Waals surface area contributed by atoms with E-state index in [9.17, 15) is 23.1 Å². The number of guanidine groups is 1. The van der Waals surface area contributed by atoms with Gasteiger partial charge in [-0.15, -0.1) is 0 Å². The van der Waals surface area contributed by atoms with Gasteiger partial charge in [0, 0.05) is 36.7 Å². The number of rotatable bonds is 10. The normalized spacial score (nSPS) is 16.4. The zero-order chi connectivity index (χ0) is 29.9. The SMILES string of the molecule is N=C(N)N1CCCC(CNC(=O)[C@@H](Cc2cn(CC(=O)O)c3ccccc23)NS(=O)(=O)c2ccc3ccccc3c2)C1. The van der Waals surface area contributed by atoms with E-state index in [0.29, 0.717) is 30.7 Å². The summed E-state index contributed by atoms with van der Waals surface area (Å²) in [6, 6.07) is 18.3. The van der Waals surface area contributed by atoms with Gasteiger partial charge in [0.2, 0.25) is 15.9 Å². The summed E-state index contributed by atoms with van der Waals surface area (Å²) in [5, 5.41) is 22.4. The summed E-state index contributed by atoms with van der Waals surface area (Å²) in [6.45, 7) is 1.26. The highest BCUT2D eigenvalue weighted by Gasteiger charge is 2.29. The topological polar surface area (TPSA) is 171 Å². The van der Waals surface area contributed by atoms with Crippen LogP contribution in [0.5, 0.6) is 0 Å². The molecular weight excluding hydrogens is 556 g/mol. The monoisotopic (exact) mass is 590 g/mol. The van der Waals surface area contributed by atoms with E-state index in [0.717, 1.165) is 29.0 Å². The van der Waals surface area contributed by atoms with E-state index in [1.54, 1.807) is 39.9 Å². The smallest absolute Gasteiger partial charge is 0.323 e. The van der Waals surface area contributed by atoms with Gasteiger partial charge in [-0.1, -0.05) is 48.5 Å². The largest absolute Gasteiger partial charge is 0.480 e. The predicted octanol–water partition coefficient (Wildman–Crippen LogP) is 2.49. The first-order valence-corrected chi connectivity index (χ1v) is 15.3. The van der Waals surface area contributed by atoms with E-state index in [4.69, 9.17) is 11.1 Å². The Kier molecular flexibility index (Phi) is 8.46. The van der Waals surface area contributed by atoms with E-state index in [-0.39, 0.29) is 29.7 Å². The number of hydrogen-bond donors (Lipinski definition) is 5. The number of hydrogen-bond acceptors (Lipinski definition) is 5. The quantitative estimate of drug-likeness (QED) is 0.140. The molecule has 3 aromatic carbocycles. The van der Waals surface area contributed by atoms with Crippen molar-refractivity contribution in [1.82, 2.24) is 19.5 Å². The Morgan fingerprint density at radius 2 is 1.81 bits per heavy atom. The maximum Gasteiger partial charge on any atom is 0.323 e. The fourth-order valence-electron chi connectivity index (χ4n) is 5.58. The molecule has 12 heteroatoms. The molecular formula is C30H34N6O5S. The molecule has 5 rings (SSSR count). The third-order valence-corrected chi connectivity index (χ3v) is 9.14. The number of carbonyl (C=O) groups excluding carboxylic acids is 1. The second-order valence-corrected chi connectivity index (χ2v) is 12.4. The maximum atomic E-state index is 13.6. The van der Waals surface area contributed by atoms with Gasteiger partial charge in [-0.3, -0.25) is 15.0 Å². The summed E-state index contributed by atoms with van der Waals surface area (Å²) in [7, 11) is -4.11. The molecule has 0 aliphatic carbocycles. The first-order valence-electron chi connectivity index (χ1n) is 13.8. The van der Waals surface area contributed by atoms with Crippen LogP contribution in [0.1, 0.15) is 18.4 Å². The third kappa shape index (κ3) is 6.55. The molecule has 220 valence electrons. The summed E-state index contributed by atoms with van der Waals surface area (Å²) in [5.74, 6) is -1.46. The van der Waals surface area contributed by atoms with Crippen molar-refractivity contribution in [3.05, 3.63) is 78.5 Å². The number of carboxylic acids is 1. The Hall–Kier alpha value is -4.42. The molecule has 1 aromatic heterocycles. The number of benzene rings is 3. The molecule has 0 saturated carbocycles. The number of aromatic nitrogens is 1. The van der Waals surface area contributed by atoms with Crippen molar-refractivity contribution in [1.29, 1.82) is 5.41 Å². The molecule has 1 aliphatic heterocycles. The fourth-order valence-corrected chi connectivity index (χ4v) is 6.81. The van der Waals surface area contributed by atoms with Gasteiger partial charge >= 0.3 is 5.97 Å². The van der Waals surface area contributed by atoms with E-state index >= 15 is 0 Å². The molecule has 0 radical (unpaired) electrons. The lowest BCUT2D eigenvalue weighted by Crippen LogP contribution is -2.51. The van der Waals surface area contributed by atoms with Crippen LogP contribution in [0, 0.1) is 11.3 Å².